The van der Waals surface area contributed by atoms with E-state index in [1.807, 2.05) is 0 Å². The Kier molecular flexibility index (Phi) is 3.33. The van der Waals surface area contributed by atoms with Gasteiger partial charge in [-0.1, -0.05) is 11.6 Å². The van der Waals surface area contributed by atoms with Crippen molar-refractivity contribution in [2.75, 3.05) is 18.2 Å². The number of nitrogens with one attached hydrogen (secondary N) is 2. The second-order valence-electron chi connectivity index (χ2n) is 3.34. The number of amides is 1. The van der Waals surface area contributed by atoms with Gasteiger partial charge in [0.25, 0.3) is 5.91 Å². The summed E-state index contributed by atoms with van der Waals surface area (Å²) in [6.07, 6.45) is 0. The van der Waals surface area contributed by atoms with Crippen molar-refractivity contribution in [2.24, 2.45) is 0 Å². The van der Waals surface area contributed by atoms with Gasteiger partial charge in [0.2, 0.25) is 11.8 Å². The van der Waals surface area contributed by atoms with Crippen molar-refractivity contribution >= 4 is 29.1 Å². The van der Waals surface area contributed by atoms with Crippen LogP contribution in [-0.2, 0) is 0 Å². The lowest BCUT2D eigenvalue weighted by molar-refractivity contribution is 0.101. The quantitative estimate of drug-likeness (QED) is 0.777. The number of nitrogen functional groups attached to an aromatic ring is 1. The predicted octanol–water partition coefficient (Wildman–Crippen LogP) is 1.30. The van der Waals surface area contributed by atoms with Crippen LogP contribution in [0.3, 0.4) is 0 Å². The van der Waals surface area contributed by atoms with Gasteiger partial charge >= 0.3 is 0 Å². The number of benzene rings is 1. The number of H-pyrrole nitrogens is 1. The van der Waals surface area contributed by atoms with Crippen molar-refractivity contribution in [3.8, 4) is 5.75 Å². The Balaban J connectivity index is 2.23. The first kappa shape index (κ1) is 12.2. The van der Waals surface area contributed by atoms with Crippen molar-refractivity contribution in [2.45, 2.75) is 0 Å². The van der Waals surface area contributed by atoms with E-state index in [9.17, 15) is 4.79 Å². The first-order chi connectivity index (χ1) is 8.60. The van der Waals surface area contributed by atoms with Crippen molar-refractivity contribution in [1.29, 1.82) is 0 Å². The normalized spacial score (nSPS) is 10.1. The summed E-state index contributed by atoms with van der Waals surface area (Å²) in [6, 6.07) is 4.87. The number of hydrogen-bond donors (Lipinski definition) is 3. The number of aromatic nitrogens is 3. The lowest BCUT2D eigenvalue weighted by Gasteiger charge is -2.09. The number of aromatic amines is 1. The summed E-state index contributed by atoms with van der Waals surface area (Å²) < 4.78 is 5.10. The van der Waals surface area contributed by atoms with E-state index in [0.29, 0.717) is 16.5 Å². The van der Waals surface area contributed by atoms with Gasteiger partial charge < -0.3 is 15.8 Å². The summed E-state index contributed by atoms with van der Waals surface area (Å²) in [5.41, 5.74) is 5.75. The largest absolute Gasteiger partial charge is 0.495 e. The van der Waals surface area contributed by atoms with Gasteiger partial charge in [-0.15, -0.1) is 5.10 Å². The average molecular weight is 268 g/mol. The lowest BCUT2D eigenvalue weighted by Crippen LogP contribution is -2.14. The fourth-order valence-electron chi connectivity index (χ4n) is 1.34. The summed E-state index contributed by atoms with van der Waals surface area (Å²) >= 11 is 5.84. The molecule has 94 valence electrons. The molecule has 0 atom stereocenters. The number of carbonyl (C=O) groups is 1. The molecule has 0 saturated carbocycles. The zero-order valence-electron chi connectivity index (χ0n) is 9.40. The number of anilines is 2. The van der Waals surface area contributed by atoms with E-state index in [1.165, 1.54) is 7.11 Å². The highest BCUT2D eigenvalue weighted by Crippen LogP contribution is 2.27. The maximum atomic E-state index is 11.8. The molecule has 0 radical (unpaired) electrons. The second kappa shape index (κ2) is 4.92. The Labute approximate surface area is 107 Å². The summed E-state index contributed by atoms with van der Waals surface area (Å²) in [5.74, 6) is 0.00717. The van der Waals surface area contributed by atoms with Crippen LogP contribution in [0.15, 0.2) is 18.2 Å². The molecule has 0 aliphatic rings. The van der Waals surface area contributed by atoms with Crippen molar-refractivity contribution < 1.29 is 9.53 Å². The molecule has 7 nitrogen and oxygen atoms in total. The van der Waals surface area contributed by atoms with E-state index in [1.54, 1.807) is 18.2 Å². The van der Waals surface area contributed by atoms with Crippen LogP contribution in [0.25, 0.3) is 0 Å². The number of methoxy groups -OCH3 is 1. The van der Waals surface area contributed by atoms with E-state index in [0.717, 1.165) is 0 Å². The topological polar surface area (TPSA) is 106 Å². The van der Waals surface area contributed by atoms with E-state index >= 15 is 0 Å². The molecule has 4 N–H and O–H groups in total. The van der Waals surface area contributed by atoms with Crippen LogP contribution in [-0.4, -0.2) is 28.2 Å². The van der Waals surface area contributed by atoms with Gasteiger partial charge in [-0.25, -0.2) is 0 Å². The van der Waals surface area contributed by atoms with Gasteiger partial charge in [0.05, 0.1) is 12.8 Å². The Morgan fingerprint density at radius 3 is 2.94 bits per heavy atom. The fourth-order valence-corrected chi connectivity index (χ4v) is 1.51. The number of ether oxygens (including phenoxy) is 1. The van der Waals surface area contributed by atoms with Gasteiger partial charge in [0, 0.05) is 5.02 Å². The van der Waals surface area contributed by atoms with Crippen LogP contribution in [0, 0.1) is 0 Å². The maximum Gasteiger partial charge on any atom is 0.293 e. The molecule has 0 aliphatic heterocycles. The van der Waals surface area contributed by atoms with Crippen molar-refractivity contribution in [1.82, 2.24) is 15.2 Å². The first-order valence-corrected chi connectivity index (χ1v) is 5.30. The third kappa shape index (κ3) is 2.51. The Hall–Kier alpha value is -2.28. The Morgan fingerprint density at radius 2 is 2.33 bits per heavy atom. The SMILES string of the molecule is COc1ccc(Cl)cc1NC(=O)c1nc(N)n[nH]1. The number of nitrogens with two attached hydrogens (primary N) is 1. The minimum absolute atomic E-state index is 0.00166. The molecule has 18 heavy (non-hydrogen) atoms. The van der Waals surface area contributed by atoms with Crippen LogP contribution < -0.4 is 15.8 Å². The summed E-state index contributed by atoms with van der Waals surface area (Å²) in [7, 11) is 1.49. The first-order valence-electron chi connectivity index (χ1n) is 4.93. The number of halogens is 1. The monoisotopic (exact) mass is 267 g/mol. The van der Waals surface area contributed by atoms with Crippen LogP contribution in [0.5, 0.6) is 5.75 Å². The highest BCUT2D eigenvalue weighted by Gasteiger charge is 2.13. The summed E-state index contributed by atoms with van der Waals surface area (Å²) in [4.78, 5) is 15.5. The third-order valence-corrected chi connectivity index (χ3v) is 2.36. The van der Waals surface area contributed by atoms with Crippen molar-refractivity contribution in [3.05, 3.63) is 29.0 Å². The van der Waals surface area contributed by atoms with Gasteiger partial charge in [-0.3, -0.25) is 9.89 Å². The van der Waals surface area contributed by atoms with Crippen LogP contribution in [0.4, 0.5) is 11.6 Å². The van der Waals surface area contributed by atoms with Crippen LogP contribution >= 0.6 is 11.6 Å². The molecule has 1 aromatic heterocycles. The molecule has 0 bridgehead atoms. The zero-order chi connectivity index (χ0) is 13.1. The Bertz CT molecular complexity index is 583. The molecular formula is C10H10ClN5O2. The maximum absolute atomic E-state index is 11.8. The van der Waals surface area contributed by atoms with E-state index in [4.69, 9.17) is 22.1 Å². The number of nitrogens with zero attached hydrogens (tertiary/aromatic N) is 2. The van der Waals surface area contributed by atoms with Crippen LogP contribution in [0.2, 0.25) is 5.02 Å². The number of carbonyl (C=O) groups excluding carboxylic acids is 1. The Morgan fingerprint density at radius 1 is 1.56 bits per heavy atom. The zero-order valence-corrected chi connectivity index (χ0v) is 10.2. The van der Waals surface area contributed by atoms with Gasteiger partial charge in [-0.05, 0) is 18.2 Å². The average Bonchev–Trinajstić information content (AvgIpc) is 2.76. The molecule has 1 amide bonds. The molecular weight excluding hydrogens is 258 g/mol. The molecule has 2 rings (SSSR count). The molecule has 0 unspecified atom stereocenters. The van der Waals surface area contributed by atoms with Crippen molar-refractivity contribution in [3.63, 3.8) is 0 Å². The highest BCUT2D eigenvalue weighted by atomic mass is 35.5. The van der Waals surface area contributed by atoms with Gasteiger partial charge in [-0.2, -0.15) is 4.98 Å². The van der Waals surface area contributed by atoms with E-state index in [-0.39, 0.29) is 11.8 Å². The number of rotatable bonds is 3. The molecule has 8 heteroatoms. The predicted molar refractivity (Wildman–Crippen MR) is 66.8 cm³/mol. The molecule has 1 aromatic carbocycles. The highest BCUT2D eigenvalue weighted by molar-refractivity contribution is 6.31. The summed E-state index contributed by atoms with van der Waals surface area (Å²) in [6.45, 7) is 0. The molecule has 0 aliphatic carbocycles. The smallest absolute Gasteiger partial charge is 0.293 e. The molecule has 0 saturated heterocycles. The standard InChI is InChI=1S/C10H10ClN5O2/c1-18-7-3-2-5(11)4-6(7)13-9(17)8-14-10(12)16-15-8/h2-4H,1H3,(H,13,17)(H3,12,14,15,16). The minimum Gasteiger partial charge on any atom is -0.495 e. The molecule has 0 spiro atoms. The van der Waals surface area contributed by atoms with Gasteiger partial charge in [0.1, 0.15) is 5.75 Å². The fraction of sp³-hybridized carbons (Fsp3) is 0.100. The minimum atomic E-state index is -0.486. The third-order valence-electron chi connectivity index (χ3n) is 2.13. The number of hydrogen-bond acceptors (Lipinski definition) is 5. The van der Waals surface area contributed by atoms with Gasteiger partial charge in [0.15, 0.2) is 0 Å². The molecule has 0 fully saturated rings. The summed E-state index contributed by atoms with van der Waals surface area (Å²) in [5, 5.41) is 9.04. The second-order valence-corrected chi connectivity index (χ2v) is 3.78. The van der Waals surface area contributed by atoms with E-state index < -0.39 is 5.91 Å². The lowest BCUT2D eigenvalue weighted by atomic mass is 10.3. The molecule has 1 heterocycles. The molecule has 2 aromatic rings. The van der Waals surface area contributed by atoms with Crippen LogP contribution in [0.1, 0.15) is 10.6 Å². The van der Waals surface area contributed by atoms with E-state index in [2.05, 4.69) is 20.5 Å².